The van der Waals surface area contributed by atoms with Crippen molar-refractivity contribution in [2.45, 2.75) is 40.0 Å². The molecule has 3 nitrogen and oxygen atoms in total. The van der Waals surface area contributed by atoms with E-state index in [-0.39, 0.29) is 11.8 Å². The second-order valence-electron chi connectivity index (χ2n) is 5.47. The summed E-state index contributed by atoms with van der Waals surface area (Å²) in [5, 5.41) is 0. The van der Waals surface area contributed by atoms with E-state index in [0.717, 1.165) is 25.9 Å². The SMILES string of the molecule is CC(C(=O)N1CCCC(C)(C)CC1)C(N)=S. The van der Waals surface area contributed by atoms with Gasteiger partial charge in [0, 0.05) is 13.1 Å². The number of nitrogens with zero attached hydrogens (tertiary/aromatic N) is 1. The summed E-state index contributed by atoms with van der Waals surface area (Å²) in [6.07, 6.45) is 3.31. The minimum Gasteiger partial charge on any atom is -0.393 e. The van der Waals surface area contributed by atoms with Crippen LogP contribution in [0, 0.1) is 11.3 Å². The average Bonchev–Trinajstić information content (AvgIpc) is 2.37. The molecule has 0 aromatic rings. The Hall–Kier alpha value is -0.640. The number of nitrogens with two attached hydrogens (primary N) is 1. The van der Waals surface area contributed by atoms with Gasteiger partial charge in [0.15, 0.2) is 0 Å². The number of rotatable bonds is 2. The third-order valence-corrected chi connectivity index (χ3v) is 3.80. The standard InChI is InChI=1S/C12H22N2OS/c1-9(10(13)16)11(15)14-7-4-5-12(2,3)6-8-14/h9H,4-8H2,1-3H3,(H2,13,16). The van der Waals surface area contributed by atoms with Gasteiger partial charge >= 0.3 is 0 Å². The molecule has 0 aliphatic carbocycles. The molecule has 0 radical (unpaired) electrons. The molecule has 0 bridgehead atoms. The van der Waals surface area contributed by atoms with E-state index in [1.54, 1.807) is 6.92 Å². The largest absolute Gasteiger partial charge is 0.393 e. The highest BCUT2D eigenvalue weighted by molar-refractivity contribution is 7.80. The molecule has 1 amide bonds. The van der Waals surface area contributed by atoms with Crippen LogP contribution in [0.3, 0.4) is 0 Å². The maximum atomic E-state index is 12.1. The van der Waals surface area contributed by atoms with Gasteiger partial charge in [-0.15, -0.1) is 0 Å². The molecular formula is C12H22N2OS. The second-order valence-corrected chi connectivity index (χ2v) is 5.94. The molecular weight excluding hydrogens is 220 g/mol. The van der Waals surface area contributed by atoms with Gasteiger partial charge in [0.05, 0.1) is 10.9 Å². The van der Waals surface area contributed by atoms with Gasteiger partial charge in [-0.1, -0.05) is 26.1 Å². The van der Waals surface area contributed by atoms with Crippen LogP contribution in [-0.2, 0) is 4.79 Å². The molecule has 1 atom stereocenters. The van der Waals surface area contributed by atoms with E-state index in [1.807, 2.05) is 4.90 Å². The van der Waals surface area contributed by atoms with Crippen molar-refractivity contribution in [3.63, 3.8) is 0 Å². The molecule has 1 heterocycles. The predicted octanol–water partition coefficient (Wildman–Crippen LogP) is 1.95. The summed E-state index contributed by atoms with van der Waals surface area (Å²) >= 11 is 4.87. The maximum absolute atomic E-state index is 12.1. The van der Waals surface area contributed by atoms with Gasteiger partial charge in [0.1, 0.15) is 0 Å². The van der Waals surface area contributed by atoms with Crippen LogP contribution in [0.1, 0.15) is 40.0 Å². The lowest BCUT2D eigenvalue weighted by atomic mass is 9.85. The van der Waals surface area contributed by atoms with Crippen molar-refractivity contribution in [2.24, 2.45) is 17.1 Å². The minimum absolute atomic E-state index is 0.0881. The lowest BCUT2D eigenvalue weighted by Gasteiger charge is -2.25. The van der Waals surface area contributed by atoms with Gasteiger partial charge < -0.3 is 10.6 Å². The molecule has 1 fully saturated rings. The van der Waals surface area contributed by atoms with Crippen LogP contribution >= 0.6 is 12.2 Å². The summed E-state index contributed by atoms with van der Waals surface area (Å²) in [5.74, 6) is -0.235. The van der Waals surface area contributed by atoms with Gasteiger partial charge in [0.2, 0.25) is 5.91 Å². The first kappa shape index (κ1) is 13.4. The van der Waals surface area contributed by atoms with E-state index in [9.17, 15) is 4.79 Å². The van der Waals surface area contributed by atoms with Crippen molar-refractivity contribution in [1.82, 2.24) is 4.90 Å². The fourth-order valence-electron chi connectivity index (χ4n) is 2.04. The van der Waals surface area contributed by atoms with Crippen molar-refractivity contribution in [2.75, 3.05) is 13.1 Å². The first-order valence-corrected chi connectivity index (χ1v) is 6.32. The first-order valence-electron chi connectivity index (χ1n) is 5.91. The number of amides is 1. The van der Waals surface area contributed by atoms with Crippen molar-refractivity contribution in [3.8, 4) is 0 Å². The number of carbonyl (C=O) groups is 1. The van der Waals surface area contributed by atoms with Gasteiger partial charge in [0.25, 0.3) is 0 Å². The van der Waals surface area contributed by atoms with Crippen LogP contribution in [0.25, 0.3) is 0 Å². The molecule has 0 spiro atoms. The highest BCUT2D eigenvalue weighted by Gasteiger charge is 2.28. The van der Waals surface area contributed by atoms with Crippen LogP contribution in [0.5, 0.6) is 0 Å². The summed E-state index contributed by atoms with van der Waals surface area (Å²) in [6.45, 7) is 7.99. The quantitative estimate of drug-likeness (QED) is 0.753. The van der Waals surface area contributed by atoms with Gasteiger partial charge in [-0.3, -0.25) is 4.79 Å². The number of thiocarbonyl (C=S) groups is 1. The summed E-state index contributed by atoms with van der Waals surface area (Å²) in [6, 6.07) is 0. The Balaban J connectivity index is 2.61. The van der Waals surface area contributed by atoms with Crippen molar-refractivity contribution < 1.29 is 4.79 Å². The molecule has 1 rings (SSSR count). The van der Waals surface area contributed by atoms with Gasteiger partial charge in [-0.05, 0) is 31.6 Å². The molecule has 16 heavy (non-hydrogen) atoms. The van der Waals surface area contributed by atoms with E-state index in [1.165, 1.54) is 6.42 Å². The van der Waals surface area contributed by atoms with Crippen LogP contribution in [0.2, 0.25) is 0 Å². The first-order chi connectivity index (χ1) is 7.33. The highest BCUT2D eigenvalue weighted by atomic mass is 32.1. The number of hydrogen-bond acceptors (Lipinski definition) is 2. The second kappa shape index (κ2) is 5.13. The molecule has 92 valence electrons. The molecule has 2 N–H and O–H groups in total. The highest BCUT2D eigenvalue weighted by Crippen LogP contribution is 2.30. The Morgan fingerprint density at radius 3 is 2.56 bits per heavy atom. The number of carbonyl (C=O) groups excluding carboxylic acids is 1. The lowest BCUT2D eigenvalue weighted by Crippen LogP contribution is -2.40. The Kier molecular flexibility index (Phi) is 4.30. The van der Waals surface area contributed by atoms with E-state index in [0.29, 0.717) is 10.4 Å². The maximum Gasteiger partial charge on any atom is 0.232 e. The summed E-state index contributed by atoms with van der Waals surface area (Å²) in [5.41, 5.74) is 5.87. The number of likely N-dealkylation sites (tertiary alicyclic amines) is 1. The van der Waals surface area contributed by atoms with Crippen LogP contribution in [-0.4, -0.2) is 28.9 Å². The summed E-state index contributed by atoms with van der Waals surface area (Å²) in [4.78, 5) is 14.3. The number of hydrogen-bond donors (Lipinski definition) is 1. The zero-order valence-corrected chi connectivity index (χ0v) is 11.3. The average molecular weight is 242 g/mol. The topological polar surface area (TPSA) is 46.3 Å². The molecule has 1 aliphatic heterocycles. The molecule has 1 unspecified atom stereocenters. The van der Waals surface area contributed by atoms with Crippen LogP contribution < -0.4 is 5.73 Å². The van der Waals surface area contributed by atoms with Crippen molar-refractivity contribution in [1.29, 1.82) is 0 Å². The van der Waals surface area contributed by atoms with Crippen molar-refractivity contribution in [3.05, 3.63) is 0 Å². The van der Waals surface area contributed by atoms with Gasteiger partial charge in [-0.25, -0.2) is 0 Å². The van der Waals surface area contributed by atoms with Crippen LogP contribution in [0.4, 0.5) is 0 Å². The smallest absolute Gasteiger partial charge is 0.232 e. The fourth-order valence-corrected chi connectivity index (χ4v) is 2.14. The normalized spacial score (nSPS) is 22.3. The summed E-state index contributed by atoms with van der Waals surface area (Å²) in [7, 11) is 0. The zero-order valence-electron chi connectivity index (χ0n) is 10.5. The van der Waals surface area contributed by atoms with E-state index < -0.39 is 0 Å². The molecule has 0 aromatic heterocycles. The molecule has 4 heteroatoms. The Morgan fingerprint density at radius 1 is 1.38 bits per heavy atom. The third kappa shape index (κ3) is 3.44. The van der Waals surface area contributed by atoms with E-state index in [2.05, 4.69) is 13.8 Å². The third-order valence-electron chi connectivity index (χ3n) is 3.45. The molecule has 1 aliphatic rings. The molecule has 0 aromatic carbocycles. The predicted molar refractivity (Wildman–Crippen MR) is 70.2 cm³/mol. The monoisotopic (exact) mass is 242 g/mol. The molecule has 1 saturated heterocycles. The van der Waals surface area contributed by atoms with Gasteiger partial charge in [-0.2, -0.15) is 0 Å². The Bertz CT molecular complexity index is 289. The van der Waals surface area contributed by atoms with E-state index >= 15 is 0 Å². The lowest BCUT2D eigenvalue weighted by molar-refractivity contribution is -0.132. The van der Waals surface area contributed by atoms with Crippen LogP contribution in [0.15, 0.2) is 0 Å². The summed E-state index contributed by atoms with van der Waals surface area (Å²) < 4.78 is 0. The van der Waals surface area contributed by atoms with Crippen molar-refractivity contribution >= 4 is 23.1 Å². The Labute approximate surface area is 103 Å². The Morgan fingerprint density at radius 2 is 2.00 bits per heavy atom. The minimum atomic E-state index is -0.323. The zero-order chi connectivity index (χ0) is 12.3. The fraction of sp³-hybridized carbons (Fsp3) is 0.833. The molecule has 0 saturated carbocycles. The van der Waals surface area contributed by atoms with E-state index in [4.69, 9.17) is 18.0 Å².